The summed E-state index contributed by atoms with van der Waals surface area (Å²) in [5.41, 5.74) is 0. The number of rotatable bonds is 5. The summed E-state index contributed by atoms with van der Waals surface area (Å²) in [7, 11) is 0. The van der Waals surface area contributed by atoms with Crippen LogP contribution in [0.25, 0.3) is 10.2 Å². The van der Waals surface area contributed by atoms with Crippen molar-refractivity contribution in [1.82, 2.24) is 9.97 Å². The zero-order valence-corrected chi connectivity index (χ0v) is 11.1. The standard InChI is InChI=1S/C11H14ClN3OS/c1-2-7(16)3-5-13-9-8-4-6-17-10(8)15-11(12)14-9/h4,6-7,16H,2-3,5H2,1H3,(H,13,14,15). The second kappa shape index (κ2) is 5.62. The fourth-order valence-electron chi connectivity index (χ4n) is 1.53. The smallest absolute Gasteiger partial charge is 0.225 e. The summed E-state index contributed by atoms with van der Waals surface area (Å²) in [5.74, 6) is 0.740. The molecule has 2 rings (SSSR count). The van der Waals surface area contributed by atoms with Gasteiger partial charge in [-0.2, -0.15) is 0 Å². The fraction of sp³-hybridized carbons (Fsp3) is 0.455. The summed E-state index contributed by atoms with van der Waals surface area (Å²) >= 11 is 7.38. The van der Waals surface area contributed by atoms with E-state index in [4.69, 9.17) is 11.6 Å². The molecule has 2 aromatic rings. The van der Waals surface area contributed by atoms with Crippen LogP contribution in [0, 0.1) is 0 Å². The van der Waals surface area contributed by atoms with Crippen molar-refractivity contribution in [2.45, 2.75) is 25.9 Å². The van der Waals surface area contributed by atoms with E-state index < -0.39 is 0 Å². The van der Waals surface area contributed by atoms with E-state index in [2.05, 4.69) is 15.3 Å². The van der Waals surface area contributed by atoms with Crippen LogP contribution in [0.1, 0.15) is 19.8 Å². The van der Waals surface area contributed by atoms with E-state index in [0.717, 1.165) is 22.5 Å². The molecule has 2 aromatic heterocycles. The molecular weight excluding hydrogens is 258 g/mol. The van der Waals surface area contributed by atoms with Gasteiger partial charge in [-0.15, -0.1) is 11.3 Å². The Balaban J connectivity index is 2.09. The number of nitrogens with one attached hydrogen (secondary N) is 1. The van der Waals surface area contributed by atoms with Gasteiger partial charge in [0.15, 0.2) is 0 Å². The molecule has 4 nitrogen and oxygen atoms in total. The van der Waals surface area contributed by atoms with Crippen LogP contribution in [0.2, 0.25) is 5.28 Å². The molecule has 0 saturated heterocycles. The van der Waals surface area contributed by atoms with Crippen LogP contribution in [0.15, 0.2) is 11.4 Å². The van der Waals surface area contributed by atoms with Crippen molar-refractivity contribution in [1.29, 1.82) is 0 Å². The van der Waals surface area contributed by atoms with E-state index in [1.807, 2.05) is 18.4 Å². The van der Waals surface area contributed by atoms with Crippen molar-refractivity contribution in [2.75, 3.05) is 11.9 Å². The Morgan fingerprint density at radius 1 is 1.53 bits per heavy atom. The van der Waals surface area contributed by atoms with Gasteiger partial charge in [0.25, 0.3) is 0 Å². The lowest BCUT2D eigenvalue weighted by Crippen LogP contribution is -2.13. The van der Waals surface area contributed by atoms with E-state index in [0.29, 0.717) is 13.0 Å². The van der Waals surface area contributed by atoms with Crippen molar-refractivity contribution < 1.29 is 5.11 Å². The average molecular weight is 272 g/mol. The van der Waals surface area contributed by atoms with Gasteiger partial charge >= 0.3 is 0 Å². The normalized spacial score (nSPS) is 12.9. The molecule has 0 bridgehead atoms. The first kappa shape index (κ1) is 12.5. The van der Waals surface area contributed by atoms with Crippen molar-refractivity contribution >= 4 is 39.0 Å². The van der Waals surface area contributed by atoms with Crippen molar-refractivity contribution in [2.24, 2.45) is 0 Å². The maximum atomic E-state index is 9.47. The van der Waals surface area contributed by atoms with Crippen LogP contribution in [0.5, 0.6) is 0 Å². The zero-order chi connectivity index (χ0) is 12.3. The molecule has 0 aromatic carbocycles. The summed E-state index contributed by atoms with van der Waals surface area (Å²) < 4.78 is 0. The predicted molar refractivity (Wildman–Crippen MR) is 71.8 cm³/mol. The second-order valence-corrected chi connectivity index (χ2v) is 4.99. The summed E-state index contributed by atoms with van der Waals surface area (Å²) in [6.07, 6.45) is 1.20. The molecule has 0 amide bonds. The molecule has 0 fully saturated rings. The van der Waals surface area contributed by atoms with Gasteiger partial charge in [-0.1, -0.05) is 6.92 Å². The van der Waals surface area contributed by atoms with E-state index in [-0.39, 0.29) is 11.4 Å². The zero-order valence-electron chi connectivity index (χ0n) is 9.48. The first-order valence-corrected chi connectivity index (χ1v) is 6.79. The molecule has 2 heterocycles. The molecule has 1 unspecified atom stereocenters. The van der Waals surface area contributed by atoms with E-state index >= 15 is 0 Å². The van der Waals surface area contributed by atoms with Crippen LogP contribution >= 0.6 is 22.9 Å². The molecule has 0 aliphatic carbocycles. The summed E-state index contributed by atoms with van der Waals surface area (Å²) in [6.45, 7) is 2.64. The van der Waals surface area contributed by atoms with E-state index in [1.54, 1.807) is 0 Å². The lowest BCUT2D eigenvalue weighted by atomic mass is 10.2. The minimum atomic E-state index is -0.266. The van der Waals surface area contributed by atoms with Gasteiger partial charge in [0.05, 0.1) is 11.5 Å². The number of hydrogen-bond acceptors (Lipinski definition) is 5. The van der Waals surface area contributed by atoms with E-state index in [9.17, 15) is 5.11 Å². The summed E-state index contributed by atoms with van der Waals surface area (Å²) in [6, 6.07) is 1.97. The van der Waals surface area contributed by atoms with Crippen LogP contribution in [0.4, 0.5) is 5.82 Å². The van der Waals surface area contributed by atoms with Gasteiger partial charge < -0.3 is 10.4 Å². The van der Waals surface area contributed by atoms with Crippen molar-refractivity contribution in [3.63, 3.8) is 0 Å². The van der Waals surface area contributed by atoms with Crippen LogP contribution in [-0.4, -0.2) is 27.7 Å². The number of aromatic nitrogens is 2. The highest BCUT2D eigenvalue weighted by Gasteiger charge is 2.08. The average Bonchev–Trinajstić information content (AvgIpc) is 2.76. The number of aliphatic hydroxyl groups is 1. The topological polar surface area (TPSA) is 58.0 Å². The predicted octanol–water partition coefficient (Wildman–Crippen LogP) is 2.92. The number of fused-ring (bicyclic) bond motifs is 1. The van der Waals surface area contributed by atoms with Crippen LogP contribution in [-0.2, 0) is 0 Å². The Morgan fingerprint density at radius 3 is 3.12 bits per heavy atom. The maximum absolute atomic E-state index is 9.47. The summed E-state index contributed by atoms with van der Waals surface area (Å²) in [5, 5.41) is 15.8. The molecule has 0 spiro atoms. The summed E-state index contributed by atoms with van der Waals surface area (Å²) in [4.78, 5) is 9.18. The Kier molecular flexibility index (Phi) is 4.15. The highest BCUT2D eigenvalue weighted by Crippen LogP contribution is 2.26. The number of halogens is 1. The highest BCUT2D eigenvalue weighted by molar-refractivity contribution is 7.16. The Morgan fingerprint density at radius 2 is 2.35 bits per heavy atom. The molecule has 0 radical (unpaired) electrons. The van der Waals surface area contributed by atoms with Gasteiger partial charge in [-0.3, -0.25) is 0 Å². The monoisotopic (exact) mass is 271 g/mol. The first-order chi connectivity index (χ1) is 8.20. The largest absolute Gasteiger partial charge is 0.393 e. The number of thiophene rings is 1. The molecule has 6 heteroatoms. The molecule has 2 N–H and O–H groups in total. The Labute approximate surface area is 109 Å². The lowest BCUT2D eigenvalue weighted by Gasteiger charge is -2.09. The Hall–Kier alpha value is -0.910. The van der Waals surface area contributed by atoms with Gasteiger partial charge in [0.1, 0.15) is 10.6 Å². The maximum Gasteiger partial charge on any atom is 0.225 e. The van der Waals surface area contributed by atoms with Gasteiger partial charge in [0, 0.05) is 6.54 Å². The number of aliphatic hydroxyl groups excluding tert-OH is 1. The molecule has 0 saturated carbocycles. The molecule has 0 aliphatic rings. The third-order valence-corrected chi connectivity index (χ3v) is 3.51. The lowest BCUT2D eigenvalue weighted by molar-refractivity contribution is 0.164. The number of hydrogen-bond donors (Lipinski definition) is 2. The van der Waals surface area contributed by atoms with Crippen LogP contribution < -0.4 is 5.32 Å². The molecule has 0 aliphatic heterocycles. The number of anilines is 1. The number of nitrogens with zero attached hydrogens (tertiary/aromatic N) is 2. The first-order valence-electron chi connectivity index (χ1n) is 5.53. The SMILES string of the molecule is CCC(O)CCNc1nc(Cl)nc2sccc12. The highest BCUT2D eigenvalue weighted by atomic mass is 35.5. The third-order valence-electron chi connectivity index (χ3n) is 2.54. The minimum absolute atomic E-state index is 0.249. The van der Waals surface area contributed by atoms with Gasteiger partial charge in [-0.25, -0.2) is 9.97 Å². The molecule has 1 atom stereocenters. The van der Waals surface area contributed by atoms with Crippen LogP contribution in [0.3, 0.4) is 0 Å². The molecule has 17 heavy (non-hydrogen) atoms. The minimum Gasteiger partial charge on any atom is -0.393 e. The fourth-order valence-corrected chi connectivity index (χ4v) is 2.51. The quantitative estimate of drug-likeness (QED) is 0.821. The molecular formula is C11H14ClN3OS. The van der Waals surface area contributed by atoms with Crippen molar-refractivity contribution in [3.05, 3.63) is 16.7 Å². The second-order valence-electron chi connectivity index (χ2n) is 3.76. The van der Waals surface area contributed by atoms with Crippen molar-refractivity contribution in [3.8, 4) is 0 Å². The van der Waals surface area contributed by atoms with Gasteiger partial charge in [-0.05, 0) is 35.9 Å². The third kappa shape index (κ3) is 3.06. The van der Waals surface area contributed by atoms with E-state index in [1.165, 1.54) is 11.3 Å². The van der Waals surface area contributed by atoms with Gasteiger partial charge in [0.2, 0.25) is 5.28 Å². The Bertz CT molecular complexity index is 502. The molecule has 92 valence electrons.